The molecule has 1 aromatic carbocycles. The monoisotopic (exact) mass is 343 g/mol. The average Bonchev–Trinajstić information content (AvgIpc) is 2.53. The van der Waals surface area contributed by atoms with Crippen LogP contribution in [0.3, 0.4) is 0 Å². The van der Waals surface area contributed by atoms with Crippen LogP contribution < -0.4 is 4.74 Å². The van der Waals surface area contributed by atoms with Crippen molar-refractivity contribution in [2.75, 3.05) is 38.9 Å². The second-order valence-corrected chi connectivity index (χ2v) is 7.73. The number of carbonyl (C=O) groups is 1. The van der Waals surface area contributed by atoms with Gasteiger partial charge in [0.2, 0.25) is 0 Å². The lowest BCUT2D eigenvalue weighted by Gasteiger charge is -2.25. The SMILES string of the molecule is CCS(=O)(=O)CC(C)N(C)C(=O)c1cccc(OCCOC)c1. The molecule has 0 radical (unpaired) electrons. The van der Waals surface area contributed by atoms with Gasteiger partial charge < -0.3 is 14.4 Å². The van der Waals surface area contributed by atoms with Crippen LogP contribution in [0.4, 0.5) is 0 Å². The highest BCUT2D eigenvalue weighted by molar-refractivity contribution is 7.91. The number of benzene rings is 1. The number of amides is 1. The van der Waals surface area contributed by atoms with E-state index in [-0.39, 0.29) is 17.4 Å². The van der Waals surface area contributed by atoms with Gasteiger partial charge in [0.25, 0.3) is 5.91 Å². The van der Waals surface area contributed by atoms with Crippen molar-refractivity contribution < 1.29 is 22.7 Å². The summed E-state index contributed by atoms with van der Waals surface area (Å²) in [6.07, 6.45) is 0. The van der Waals surface area contributed by atoms with Crippen molar-refractivity contribution in [2.45, 2.75) is 19.9 Å². The Hall–Kier alpha value is -1.60. The van der Waals surface area contributed by atoms with Crippen LogP contribution in [0.2, 0.25) is 0 Å². The van der Waals surface area contributed by atoms with Crippen molar-refractivity contribution in [1.82, 2.24) is 4.90 Å². The molecule has 0 saturated heterocycles. The zero-order chi connectivity index (χ0) is 17.5. The molecule has 0 N–H and O–H groups in total. The molecule has 0 aliphatic heterocycles. The van der Waals surface area contributed by atoms with Gasteiger partial charge >= 0.3 is 0 Å². The zero-order valence-electron chi connectivity index (χ0n) is 14.1. The summed E-state index contributed by atoms with van der Waals surface area (Å²) in [5.41, 5.74) is 0.461. The number of sulfone groups is 1. The van der Waals surface area contributed by atoms with E-state index < -0.39 is 15.9 Å². The molecular weight excluding hydrogens is 318 g/mol. The molecule has 130 valence electrons. The second-order valence-electron chi connectivity index (χ2n) is 5.33. The van der Waals surface area contributed by atoms with Crippen LogP contribution in [0.15, 0.2) is 24.3 Å². The molecule has 1 rings (SSSR count). The number of hydrogen-bond donors (Lipinski definition) is 0. The predicted octanol–water partition coefficient (Wildman–Crippen LogP) is 1.61. The smallest absolute Gasteiger partial charge is 0.254 e. The first kappa shape index (κ1) is 19.4. The summed E-state index contributed by atoms with van der Waals surface area (Å²) in [6.45, 7) is 4.19. The lowest BCUT2D eigenvalue weighted by Crippen LogP contribution is -2.39. The van der Waals surface area contributed by atoms with Gasteiger partial charge in [-0.15, -0.1) is 0 Å². The number of methoxy groups -OCH3 is 1. The number of rotatable bonds is 9. The minimum Gasteiger partial charge on any atom is -0.491 e. The Bertz CT molecular complexity index is 615. The van der Waals surface area contributed by atoms with Crippen molar-refractivity contribution in [2.24, 2.45) is 0 Å². The minimum absolute atomic E-state index is 0.0459. The van der Waals surface area contributed by atoms with E-state index in [0.717, 1.165) is 0 Å². The van der Waals surface area contributed by atoms with Crippen LogP contribution >= 0.6 is 0 Å². The quantitative estimate of drug-likeness (QED) is 0.637. The van der Waals surface area contributed by atoms with E-state index >= 15 is 0 Å². The fraction of sp³-hybridized carbons (Fsp3) is 0.562. The number of carbonyl (C=O) groups excluding carboxylic acids is 1. The van der Waals surface area contributed by atoms with Gasteiger partial charge in [-0.2, -0.15) is 0 Å². The molecular formula is C16H25NO5S. The summed E-state index contributed by atoms with van der Waals surface area (Å²) in [7, 11) is 0.0600. The summed E-state index contributed by atoms with van der Waals surface area (Å²) in [5.74, 6) is 0.369. The highest BCUT2D eigenvalue weighted by atomic mass is 32.2. The van der Waals surface area contributed by atoms with Crippen molar-refractivity contribution >= 4 is 15.7 Å². The van der Waals surface area contributed by atoms with E-state index in [4.69, 9.17) is 9.47 Å². The number of hydrogen-bond acceptors (Lipinski definition) is 5. The van der Waals surface area contributed by atoms with Gasteiger partial charge in [-0.1, -0.05) is 13.0 Å². The van der Waals surface area contributed by atoms with Crippen LogP contribution in [-0.2, 0) is 14.6 Å². The Labute approximate surface area is 138 Å². The number of nitrogens with zero attached hydrogens (tertiary/aromatic N) is 1. The van der Waals surface area contributed by atoms with E-state index in [1.165, 1.54) is 4.90 Å². The normalized spacial score (nSPS) is 12.7. The van der Waals surface area contributed by atoms with E-state index in [9.17, 15) is 13.2 Å². The third kappa shape index (κ3) is 6.19. The molecule has 0 fully saturated rings. The lowest BCUT2D eigenvalue weighted by molar-refractivity contribution is 0.0756. The Morgan fingerprint density at radius 3 is 2.61 bits per heavy atom. The van der Waals surface area contributed by atoms with Gasteiger partial charge in [-0.3, -0.25) is 4.79 Å². The first-order valence-electron chi connectivity index (χ1n) is 7.50. The Kier molecular flexibility index (Phi) is 7.51. The molecule has 1 atom stereocenters. The van der Waals surface area contributed by atoms with Gasteiger partial charge in [0.15, 0.2) is 9.84 Å². The highest BCUT2D eigenvalue weighted by Gasteiger charge is 2.22. The van der Waals surface area contributed by atoms with Crippen LogP contribution in [0.5, 0.6) is 5.75 Å². The molecule has 0 bridgehead atoms. The zero-order valence-corrected chi connectivity index (χ0v) is 14.9. The Balaban J connectivity index is 2.77. The fourth-order valence-corrected chi connectivity index (χ4v) is 3.16. The molecule has 1 amide bonds. The molecule has 0 aliphatic carbocycles. The number of ether oxygens (including phenoxy) is 2. The van der Waals surface area contributed by atoms with Crippen molar-refractivity contribution in [1.29, 1.82) is 0 Å². The summed E-state index contributed by atoms with van der Waals surface area (Å²) in [5, 5.41) is 0. The minimum atomic E-state index is -3.14. The topological polar surface area (TPSA) is 72.9 Å². The van der Waals surface area contributed by atoms with Gasteiger partial charge in [0.1, 0.15) is 12.4 Å². The molecule has 0 aliphatic rings. The molecule has 7 heteroatoms. The lowest BCUT2D eigenvalue weighted by atomic mass is 10.1. The van der Waals surface area contributed by atoms with Crippen molar-refractivity contribution in [3.8, 4) is 5.75 Å². The molecule has 0 heterocycles. The third-order valence-electron chi connectivity index (χ3n) is 3.55. The van der Waals surface area contributed by atoms with Gasteiger partial charge in [0, 0.05) is 31.5 Å². The molecule has 1 aromatic rings. The van der Waals surface area contributed by atoms with Crippen LogP contribution in [0, 0.1) is 0 Å². The van der Waals surface area contributed by atoms with Crippen molar-refractivity contribution in [3.05, 3.63) is 29.8 Å². The van der Waals surface area contributed by atoms with E-state index in [2.05, 4.69) is 0 Å². The molecule has 1 unspecified atom stereocenters. The second kappa shape index (κ2) is 8.88. The molecule has 23 heavy (non-hydrogen) atoms. The maximum Gasteiger partial charge on any atom is 0.254 e. The highest BCUT2D eigenvalue weighted by Crippen LogP contribution is 2.16. The fourth-order valence-electron chi connectivity index (χ4n) is 1.96. The van der Waals surface area contributed by atoms with Gasteiger partial charge in [-0.05, 0) is 25.1 Å². The van der Waals surface area contributed by atoms with Crippen molar-refractivity contribution in [3.63, 3.8) is 0 Å². The third-order valence-corrected chi connectivity index (χ3v) is 5.42. The maximum absolute atomic E-state index is 12.5. The molecule has 6 nitrogen and oxygen atoms in total. The first-order chi connectivity index (χ1) is 10.8. The predicted molar refractivity (Wildman–Crippen MR) is 89.7 cm³/mol. The summed E-state index contributed by atoms with van der Waals surface area (Å²) < 4.78 is 33.8. The first-order valence-corrected chi connectivity index (χ1v) is 9.32. The summed E-state index contributed by atoms with van der Waals surface area (Å²) >= 11 is 0. The molecule has 0 saturated carbocycles. The molecule has 0 aromatic heterocycles. The van der Waals surface area contributed by atoms with E-state index in [0.29, 0.717) is 24.5 Å². The summed E-state index contributed by atoms with van der Waals surface area (Å²) in [6, 6.07) is 6.43. The average molecular weight is 343 g/mol. The van der Waals surface area contributed by atoms with E-state index in [1.54, 1.807) is 52.3 Å². The maximum atomic E-state index is 12.5. The standard InChI is InChI=1S/C16H25NO5S/c1-5-23(19,20)12-13(2)17(3)16(18)14-7-6-8-15(11-14)22-10-9-21-4/h6-8,11,13H,5,9-10,12H2,1-4H3. The van der Waals surface area contributed by atoms with Gasteiger partial charge in [0.05, 0.1) is 12.4 Å². The summed E-state index contributed by atoms with van der Waals surface area (Å²) in [4.78, 5) is 13.9. The van der Waals surface area contributed by atoms with Crippen LogP contribution in [-0.4, -0.2) is 64.1 Å². The molecule has 0 spiro atoms. The Morgan fingerprint density at radius 2 is 2.00 bits per heavy atom. The van der Waals surface area contributed by atoms with Crippen LogP contribution in [0.25, 0.3) is 0 Å². The van der Waals surface area contributed by atoms with Gasteiger partial charge in [-0.25, -0.2) is 8.42 Å². The van der Waals surface area contributed by atoms with E-state index in [1.807, 2.05) is 0 Å². The Morgan fingerprint density at radius 1 is 1.30 bits per heavy atom. The largest absolute Gasteiger partial charge is 0.491 e. The van der Waals surface area contributed by atoms with Crippen LogP contribution in [0.1, 0.15) is 24.2 Å².